The number of hydrogen-bond donors (Lipinski definition) is 2. The Kier molecular flexibility index (Phi) is 4.00. The van der Waals surface area contributed by atoms with Gasteiger partial charge in [-0.05, 0) is 31.9 Å². The smallest absolute Gasteiger partial charge is 0.224 e. The second-order valence-corrected chi connectivity index (χ2v) is 4.79. The van der Waals surface area contributed by atoms with Crippen LogP contribution in [-0.4, -0.2) is 16.1 Å². The van der Waals surface area contributed by atoms with Gasteiger partial charge in [-0.25, -0.2) is 0 Å². The number of amides is 1. The Bertz CT molecular complexity index is 567. The van der Waals surface area contributed by atoms with E-state index in [2.05, 4.69) is 15.5 Å². The van der Waals surface area contributed by atoms with Crippen molar-refractivity contribution in [1.29, 1.82) is 0 Å². The van der Waals surface area contributed by atoms with E-state index in [1.165, 1.54) is 5.56 Å². The van der Waals surface area contributed by atoms with Crippen LogP contribution >= 0.6 is 0 Å². The van der Waals surface area contributed by atoms with Gasteiger partial charge in [0, 0.05) is 17.8 Å². The van der Waals surface area contributed by atoms with Crippen molar-refractivity contribution >= 4 is 5.91 Å². The molecule has 2 aromatic rings. The standard InChI is InChI=1S/C15H19N3O/c1-10-6-4-5-7-13(10)9-16-15(19)8-14-11(2)17-18-12(14)3/h4-7H,8-9H2,1-3H3,(H,16,19)(H,17,18). The molecular formula is C15H19N3O. The Hall–Kier alpha value is -2.10. The summed E-state index contributed by atoms with van der Waals surface area (Å²) in [5, 5.41) is 9.94. The van der Waals surface area contributed by atoms with Crippen LogP contribution < -0.4 is 5.32 Å². The summed E-state index contributed by atoms with van der Waals surface area (Å²) in [6, 6.07) is 8.06. The summed E-state index contributed by atoms with van der Waals surface area (Å²) in [5.41, 5.74) is 5.18. The molecule has 0 atom stereocenters. The summed E-state index contributed by atoms with van der Waals surface area (Å²) in [6.07, 6.45) is 0.375. The first-order chi connectivity index (χ1) is 9.08. The maximum absolute atomic E-state index is 11.9. The molecule has 0 aliphatic rings. The van der Waals surface area contributed by atoms with Crippen molar-refractivity contribution in [2.75, 3.05) is 0 Å². The minimum Gasteiger partial charge on any atom is -0.352 e. The predicted molar refractivity (Wildman–Crippen MR) is 74.8 cm³/mol. The van der Waals surface area contributed by atoms with Gasteiger partial charge in [0.25, 0.3) is 0 Å². The molecule has 0 bridgehead atoms. The number of aryl methyl sites for hydroxylation is 3. The number of rotatable bonds is 4. The van der Waals surface area contributed by atoms with Crippen molar-refractivity contribution in [3.05, 3.63) is 52.3 Å². The SMILES string of the molecule is Cc1ccccc1CNC(=O)Cc1c(C)n[nH]c1C. The first kappa shape index (κ1) is 13.3. The van der Waals surface area contributed by atoms with Gasteiger partial charge >= 0.3 is 0 Å². The molecule has 0 radical (unpaired) electrons. The van der Waals surface area contributed by atoms with Crippen LogP contribution in [0.5, 0.6) is 0 Å². The van der Waals surface area contributed by atoms with Gasteiger partial charge in [0.05, 0.1) is 12.1 Å². The largest absolute Gasteiger partial charge is 0.352 e. The van der Waals surface area contributed by atoms with E-state index >= 15 is 0 Å². The number of nitrogens with one attached hydrogen (secondary N) is 2. The van der Waals surface area contributed by atoms with Gasteiger partial charge in [0.2, 0.25) is 5.91 Å². The molecular weight excluding hydrogens is 238 g/mol. The van der Waals surface area contributed by atoms with Crippen molar-refractivity contribution in [1.82, 2.24) is 15.5 Å². The van der Waals surface area contributed by atoms with Crippen molar-refractivity contribution in [2.24, 2.45) is 0 Å². The lowest BCUT2D eigenvalue weighted by Crippen LogP contribution is -2.25. The Labute approximate surface area is 113 Å². The van der Waals surface area contributed by atoms with Gasteiger partial charge in [0.1, 0.15) is 0 Å². The summed E-state index contributed by atoms with van der Waals surface area (Å²) in [4.78, 5) is 11.9. The maximum Gasteiger partial charge on any atom is 0.224 e. The molecule has 0 aliphatic carbocycles. The van der Waals surface area contributed by atoms with Crippen molar-refractivity contribution in [3.8, 4) is 0 Å². The van der Waals surface area contributed by atoms with E-state index in [0.717, 1.165) is 22.5 Å². The van der Waals surface area contributed by atoms with E-state index in [1.54, 1.807) is 0 Å². The van der Waals surface area contributed by atoms with Crippen LogP contribution in [0.4, 0.5) is 0 Å². The molecule has 1 aromatic carbocycles. The first-order valence-electron chi connectivity index (χ1n) is 6.39. The third-order valence-electron chi connectivity index (χ3n) is 3.36. The number of H-pyrrole nitrogens is 1. The van der Waals surface area contributed by atoms with Crippen LogP contribution in [0.25, 0.3) is 0 Å². The Morgan fingerprint density at radius 2 is 2.00 bits per heavy atom. The van der Waals surface area contributed by atoms with Gasteiger partial charge in [0.15, 0.2) is 0 Å². The van der Waals surface area contributed by atoms with E-state index in [1.807, 2.05) is 45.0 Å². The molecule has 0 aliphatic heterocycles. The quantitative estimate of drug-likeness (QED) is 0.882. The number of carbonyl (C=O) groups excluding carboxylic acids is 1. The van der Waals surface area contributed by atoms with E-state index in [0.29, 0.717) is 13.0 Å². The Balaban J connectivity index is 1.94. The minimum atomic E-state index is 0.0239. The zero-order valence-electron chi connectivity index (χ0n) is 11.6. The van der Waals surface area contributed by atoms with Crippen LogP contribution in [-0.2, 0) is 17.8 Å². The number of nitrogens with zero attached hydrogens (tertiary/aromatic N) is 1. The number of carbonyl (C=O) groups is 1. The zero-order chi connectivity index (χ0) is 13.8. The highest BCUT2D eigenvalue weighted by molar-refractivity contribution is 5.79. The molecule has 2 rings (SSSR count). The maximum atomic E-state index is 11.9. The molecule has 1 heterocycles. The van der Waals surface area contributed by atoms with Gasteiger partial charge in [-0.2, -0.15) is 5.10 Å². The molecule has 0 spiro atoms. The van der Waals surface area contributed by atoms with Crippen LogP contribution in [0, 0.1) is 20.8 Å². The average molecular weight is 257 g/mol. The highest BCUT2D eigenvalue weighted by atomic mass is 16.1. The average Bonchev–Trinajstić information content (AvgIpc) is 2.70. The normalized spacial score (nSPS) is 10.5. The third kappa shape index (κ3) is 3.22. The molecule has 0 saturated heterocycles. The predicted octanol–water partition coefficient (Wildman–Crippen LogP) is 2.19. The fourth-order valence-electron chi connectivity index (χ4n) is 2.06. The molecule has 4 nitrogen and oxygen atoms in total. The Morgan fingerprint density at radius 3 is 2.63 bits per heavy atom. The van der Waals surface area contributed by atoms with E-state index in [-0.39, 0.29) is 5.91 Å². The first-order valence-corrected chi connectivity index (χ1v) is 6.39. The van der Waals surface area contributed by atoms with Crippen LogP contribution in [0.15, 0.2) is 24.3 Å². The van der Waals surface area contributed by atoms with Crippen LogP contribution in [0.2, 0.25) is 0 Å². The lowest BCUT2D eigenvalue weighted by atomic mass is 10.1. The highest BCUT2D eigenvalue weighted by Gasteiger charge is 2.11. The molecule has 4 heteroatoms. The summed E-state index contributed by atoms with van der Waals surface area (Å²) in [5.74, 6) is 0.0239. The van der Waals surface area contributed by atoms with Gasteiger partial charge in [-0.15, -0.1) is 0 Å². The van der Waals surface area contributed by atoms with Crippen LogP contribution in [0.3, 0.4) is 0 Å². The van der Waals surface area contributed by atoms with Crippen molar-refractivity contribution in [2.45, 2.75) is 33.7 Å². The topological polar surface area (TPSA) is 57.8 Å². The lowest BCUT2D eigenvalue weighted by molar-refractivity contribution is -0.120. The molecule has 0 fully saturated rings. The van der Waals surface area contributed by atoms with E-state index < -0.39 is 0 Å². The monoisotopic (exact) mass is 257 g/mol. The summed E-state index contributed by atoms with van der Waals surface area (Å²) < 4.78 is 0. The number of benzene rings is 1. The fraction of sp³-hybridized carbons (Fsp3) is 0.333. The molecule has 0 unspecified atom stereocenters. The van der Waals surface area contributed by atoms with Gasteiger partial charge in [-0.3, -0.25) is 9.89 Å². The second kappa shape index (κ2) is 5.69. The van der Waals surface area contributed by atoms with Gasteiger partial charge < -0.3 is 5.32 Å². The number of hydrogen-bond acceptors (Lipinski definition) is 2. The van der Waals surface area contributed by atoms with Crippen molar-refractivity contribution in [3.63, 3.8) is 0 Å². The number of aromatic amines is 1. The van der Waals surface area contributed by atoms with Crippen LogP contribution in [0.1, 0.15) is 28.1 Å². The zero-order valence-corrected chi connectivity index (χ0v) is 11.6. The molecule has 1 amide bonds. The molecule has 2 N–H and O–H groups in total. The minimum absolute atomic E-state index is 0.0239. The van der Waals surface area contributed by atoms with Gasteiger partial charge in [-0.1, -0.05) is 24.3 Å². The Morgan fingerprint density at radius 1 is 1.26 bits per heavy atom. The molecule has 1 aromatic heterocycles. The molecule has 100 valence electrons. The third-order valence-corrected chi connectivity index (χ3v) is 3.36. The summed E-state index contributed by atoms with van der Waals surface area (Å²) in [7, 11) is 0. The molecule has 19 heavy (non-hydrogen) atoms. The fourth-order valence-corrected chi connectivity index (χ4v) is 2.06. The summed E-state index contributed by atoms with van der Waals surface area (Å²) >= 11 is 0. The number of aromatic nitrogens is 2. The lowest BCUT2D eigenvalue weighted by Gasteiger charge is -2.08. The van der Waals surface area contributed by atoms with E-state index in [4.69, 9.17) is 0 Å². The van der Waals surface area contributed by atoms with E-state index in [9.17, 15) is 4.79 Å². The second-order valence-electron chi connectivity index (χ2n) is 4.79. The van der Waals surface area contributed by atoms with Crippen molar-refractivity contribution < 1.29 is 4.79 Å². The highest BCUT2D eigenvalue weighted by Crippen LogP contribution is 2.10. The summed E-state index contributed by atoms with van der Waals surface area (Å²) in [6.45, 7) is 6.46. The molecule has 0 saturated carbocycles.